The number of benzene rings is 2. The summed E-state index contributed by atoms with van der Waals surface area (Å²) in [5, 5.41) is 13.7. The summed E-state index contributed by atoms with van der Waals surface area (Å²) in [5.41, 5.74) is 0.704. The molecule has 0 spiro atoms. The van der Waals surface area contributed by atoms with Crippen LogP contribution in [0, 0.1) is 5.92 Å². The maximum atomic E-state index is 13.3. The van der Waals surface area contributed by atoms with Crippen LogP contribution in [0.1, 0.15) is 54.1 Å². The van der Waals surface area contributed by atoms with Gasteiger partial charge in [0, 0.05) is 31.6 Å². The first-order valence-corrected chi connectivity index (χ1v) is 11.7. The molecule has 1 saturated heterocycles. The van der Waals surface area contributed by atoms with Gasteiger partial charge in [0.05, 0.1) is 12.5 Å². The van der Waals surface area contributed by atoms with Gasteiger partial charge in [-0.2, -0.15) is 0 Å². The Labute approximate surface area is 187 Å². The van der Waals surface area contributed by atoms with Gasteiger partial charge in [-0.05, 0) is 42.5 Å². The standard InChI is InChI=1S/C25H29N5O2/c31-24(26-16-23-28-27-22-13-2-1-5-15-30(22)23)19-10-7-14-29(17-19)25(32)21-12-6-9-18-8-3-4-11-20(18)21/h3-4,6,8-9,11-12,19H,1-2,5,7,10,13-17H2,(H,26,31). The third-order valence-electron chi connectivity index (χ3n) is 6.71. The Bertz CT molecular complexity index is 1130. The molecule has 7 nitrogen and oxygen atoms in total. The van der Waals surface area contributed by atoms with Crippen molar-refractivity contribution in [3.05, 3.63) is 59.7 Å². The van der Waals surface area contributed by atoms with E-state index in [1.165, 1.54) is 6.42 Å². The number of amides is 2. The van der Waals surface area contributed by atoms with Crippen LogP contribution in [0.5, 0.6) is 0 Å². The van der Waals surface area contributed by atoms with Crippen LogP contribution < -0.4 is 5.32 Å². The van der Waals surface area contributed by atoms with E-state index in [2.05, 4.69) is 20.1 Å². The predicted octanol–water partition coefficient (Wildman–Crippen LogP) is 3.33. The second kappa shape index (κ2) is 9.10. The van der Waals surface area contributed by atoms with E-state index in [-0.39, 0.29) is 17.7 Å². The molecule has 3 heterocycles. The number of likely N-dealkylation sites (tertiary alicyclic amines) is 1. The summed E-state index contributed by atoms with van der Waals surface area (Å²) >= 11 is 0. The molecule has 1 fully saturated rings. The highest BCUT2D eigenvalue weighted by Crippen LogP contribution is 2.24. The number of carbonyl (C=O) groups is 2. The minimum atomic E-state index is -0.200. The van der Waals surface area contributed by atoms with Gasteiger partial charge in [-0.3, -0.25) is 9.59 Å². The molecule has 3 aromatic rings. The molecule has 2 aromatic carbocycles. The van der Waals surface area contributed by atoms with E-state index < -0.39 is 0 Å². The second-order valence-electron chi connectivity index (χ2n) is 8.83. The highest BCUT2D eigenvalue weighted by atomic mass is 16.2. The van der Waals surface area contributed by atoms with Gasteiger partial charge < -0.3 is 14.8 Å². The van der Waals surface area contributed by atoms with Crippen LogP contribution in [0.4, 0.5) is 0 Å². The summed E-state index contributed by atoms with van der Waals surface area (Å²) in [6.45, 7) is 2.44. The third kappa shape index (κ3) is 4.11. The van der Waals surface area contributed by atoms with Crippen LogP contribution in [-0.2, 0) is 24.3 Å². The molecule has 1 atom stereocenters. The van der Waals surface area contributed by atoms with Crippen molar-refractivity contribution >= 4 is 22.6 Å². The number of nitrogens with zero attached hydrogens (tertiary/aromatic N) is 4. The summed E-state index contributed by atoms with van der Waals surface area (Å²) in [4.78, 5) is 28.1. The zero-order chi connectivity index (χ0) is 21.9. The smallest absolute Gasteiger partial charge is 0.254 e. The normalized spacial score (nSPS) is 18.8. The number of nitrogens with one attached hydrogen (secondary N) is 1. The van der Waals surface area contributed by atoms with Gasteiger partial charge in [-0.15, -0.1) is 10.2 Å². The van der Waals surface area contributed by atoms with Crippen LogP contribution in [-0.4, -0.2) is 44.6 Å². The van der Waals surface area contributed by atoms with Crippen LogP contribution in [0.2, 0.25) is 0 Å². The highest BCUT2D eigenvalue weighted by molar-refractivity contribution is 6.07. The van der Waals surface area contributed by atoms with E-state index in [0.29, 0.717) is 25.2 Å². The van der Waals surface area contributed by atoms with Gasteiger partial charge in [0.15, 0.2) is 5.82 Å². The number of carbonyl (C=O) groups excluding carboxylic acids is 2. The Morgan fingerprint density at radius 3 is 2.78 bits per heavy atom. The fraction of sp³-hybridized carbons (Fsp3) is 0.440. The van der Waals surface area contributed by atoms with Crippen LogP contribution in [0.25, 0.3) is 10.8 Å². The quantitative estimate of drug-likeness (QED) is 0.687. The lowest BCUT2D eigenvalue weighted by molar-refractivity contribution is -0.126. The zero-order valence-corrected chi connectivity index (χ0v) is 18.3. The van der Waals surface area contributed by atoms with E-state index in [9.17, 15) is 9.59 Å². The summed E-state index contributed by atoms with van der Waals surface area (Å²) in [5.74, 6) is 1.65. The van der Waals surface area contributed by atoms with Gasteiger partial charge in [-0.25, -0.2) is 0 Å². The van der Waals surface area contributed by atoms with Crippen molar-refractivity contribution in [2.45, 2.75) is 51.6 Å². The number of hydrogen-bond acceptors (Lipinski definition) is 4. The van der Waals surface area contributed by atoms with Gasteiger partial charge in [-0.1, -0.05) is 42.8 Å². The van der Waals surface area contributed by atoms with Gasteiger partial charge in [0.25, 0.3) is 5.91 Å². The van der Waals surface area contributed by atoms with Gasteiger partial charge in [0.1, 0.15) is 5.82 Å². The van der Waals surface area contributed by atoms with E-state index in [1.54, 1.807) is 0 Å². The van der Waals surface area contributed by atoms with Crippen LogP contribution >= 0.6 is 0 Å². The Hall–Kier alpha value is -3.22. The first kappa shape index (κ1) is 20.7. The maximum Gasteiger partial charge on any atom is 0.254 e. The lowest BCUT2D eigenvalue weighted by atomic mass is 9.95. The molecule has 32 heavy (non-hydrogen) atoms. The number of rotatable bonds is 4. The van der Waals surface area contributed by atoms with E-state index in [0.717, 1.165) is 61.1 Å². The molecule has 1 unspecified atom stereocenters. The van der Waals surface area contributed by atoms with Crippen molar-refractivity contribution in [2.24, 2.45) is 5.92 Å². The molecule has 5 rings (SSSR count). The molecule has 2 amide bonds. The number of aryl methyl sites for hydroxylation is 1. The highest BCUT2D eigenvalue weighted by Gasteiger charge is 2.29. The van der Waals surface area contributed by atoms with Crippen molar-refractivity contribution in [3.8, 4) is 0 Å². The van der Waals surface area contributed by atoms with E-state index >= 15 is 0 Å². The Balaban J connectivity index is 1.24. The summed E-state index contributed by atoms with van der Waals surface area (Å²) in [7, 11) is 0. The minimum absolute atomic E-state index is 0.00192. The molecule has 0 aliphatic carbocycles. The number of piperidine rings is 1. The zero-order valence-electron chi connectivity index (χ0n) is 18.3. The fourth-order valence-electron chi connectivity index (χ4n) is 4.94. The summed E-state index contributed by atoms with van der Waals surface area (Å²) < 4.78 is 2.16. The second-order valence-corrected chi connectivity index (χ2v) is 8.83. The molecular weight excluding hydrogens is 402 g/mol. The van der Waals surface area contributed by atoms with Crippen molar-refractivity contribution in [1.82, 2.24) is 25.0 Å². The lowest BCUT2D eigenvalue weighted by Gasteiger charge is -2.32. The van der Waals surface area contributed by atoms with Crippen molar-refractivity contribution in [3.63, 3.8) is 0 Å². The molecule has 1 N–H and O–H groups in total. The monoisotopic (exact) mass is 431 g/mol. The van der Waals surface area contributed by atoms with Gasteiger partial charge >= 0.3 is 0 Å². The van der Waals surface area contributed by atoms with Crippen molar-refractivity contribution in [1.29, 1.82) is 0 Å². The van der Waals surface area contributed by atoms with Crippen molar-refractivity contribution < 1.29 is 9.59 Å². The average molecular weight is 432 g/mol. The van der Waals surface area contributed by atoms with Crippen LogP contribution in [0.3, 0.4) is 0 Å². The Morgan fingerprint density at radius 2 is 1.84 bits per heavy atom. The minimum Gasteiger partial charge on any atom is -0.348 e. The first-order chi connectivity index (χ1) is 15.7. The summed E-state index contributed by atoms with van der Waals surface area (Å²) in [6.07, 6.45) is 6.05. The third-order valence-corrected chi connectivity index (χ3v) is 6.71. The Morgan fingerprint density at radius 1 is 0.969 bits per heavy atom. The molecule has 0 bridgehead atoms. The molecule has 0 saturated carbocycles. The lowest BCUT2D eigenvalue weighted by Crippen LogP contribution is -2.45. The SMILES string of the molecule is O=C(NCc1nnc2n1CCCCC2)C1CCCN(C(=O)c2cccc3ccccc23)C1. The van der Waals surface area contributed by atoms with E-state index in [4.69, 9.17) is 0 Å². The largest absolute Gasteiger partial charge is 0.348 e. The molecule has 2 aliphatic heterocycles. The Kier molecular flexibility index (Phi) is 5.88. The number of aromatic nitrogens is 3. The molecular formula is C25H29N5O2. The van der Waals surface area contributed by atoms with Gasteiger partial charge in [0.2, 0.25) is 5.91 Å². The van der Waals surface area contributed by atoms with E-state index in [1.807, 2.05) is 47.4 Å². The first-order valence-electron chi connectivity index (χ1n) is 11.7. The fourth-order valence-corrected chi connectivity index (χ4v) is 4.94. The predicted molar refractivity (Wildman–Crippen MR) is 122 cm³/mol. The number of hydrogen-bond donors (Lipinski definition) is 1. The molecule has 1 aromatic heterocycles. The van der Waals surface area contributed by atoms with Crippen LogP contribution in [0.15, 0.2) is 42.5 Å². The number of fused-ring (bicyclic) bond motifs is 2. The molecule has 0 radical (unpaired) electrons. The topological polar surface area (TPSA) is 80.1 Å². The maximum absolute atomic E-state index is 13.3. The molecule has 7 heteroatoms. The molecule has 166 valence electrons. The average Bonchev–Trinajstić information content (AvgIpc) is 3.07. The van der Waals surface area contributed by atoms with Crippen molar-refractivity contribution in [2.75, 3.05) is 13.1 Å². The molecule has 2 aliphatic rings. The summed E-state index contributed by atoms with van der Waals surface area (Å²) in [6, 6.07) is 13.8.